The first kappa shape index (κ1) is 20.8. The Morgan fingerprint density at radius 2 is 1.59 bits per heavy atom. The Balaban J connectivity index is 2.18. The normalized spacial score (nSPS) is 20.9. The molecule has 1 fully saturated rings. The van der Waals surface area contributed by atoms with Crippen molar-refractivity contribution in [2.24, 2.45) is 17.3 Å². The summed E-state index contributed by atoms with van der Waals surface area (Å²) in [6, 6.07) is 1.28. The molecule has 1 saturated carbocycles. The van der Waals surface area contributed by atoms with Gasteiger partial charge in [0.25, 0.3) is 0 Å². The van der Waals surface area contributed by atoms with Crippen LogP contribution in [-0.4, -0.2) is 13.1 Å². The monoisotopic (exact) mass is 389 g/mol. The van der Waals surface area contributed by atoms with Gasteiger partial charge in [-0.2, -0.15) is 9.65 Å². The van der Waals surface area contributed by atoms with Crippen molar-refractivity contribution in [3.05, 3.63) is 46.3 Å². The molecular formula is C18H16F5NO3. The summed E-state index contributed by atoms with van der Waals surface area (Å²) < 4.78 is 78.2. The zero-order valence-corrected chi connectivity index (χ0v) is 14.7. The molecule has 0 amide bonds. The second kappa shape index (κ2) is 7.64. The van der Waals surface area contributed by atoms with Crippen LogP contribution in [0.15, 0.2) is 11.9 Å². The lowest BCUT2D eigenvalue weighted by Crippen LogP contribution is -2.15. The van der Waals surface area contributed by atoms with Crippen molar-refractivity contribution in [2.75, 3.05) is 7.11 Å². The highest BCUT2D eigenvalue weighted by molar-refractivity contribution is 5.78. The molecule has 1 aromatic carbocycles. The van der Waals surface area contributed by atoms with Gasteiger partial charge in [-0.15, -0.1) is 0 Å². The van der Waals surface area contributed by atoms with Gasteiger partial charge in [-0.1, -0.05) is 13.8 Å². The zero-order chi connectivity index (χ0) is 20.5. The molecular weight excluding hydrogens is 373 g/mol. The number of nitriles is 1. The third-order valence-electron chi connectivity index (χ3n) is 4.69. The molecule has 0 N–H and O–H groups in total. The summed E-state index contributed by atoms with van der Waals surface area (Å²) in [6.07, 6.45) is 0.964. The number of halogens is 5. The van der Waals surface area contributed by atoms with Crippen molar-refractivity contribution in [2.45, 2.75) is 27.1 Å². The summed E-state index contributed by atoms with van der Waals surface area (Å²) in [6.45, 7) is 1.51. The third-order valence-corrected chi connectivity index (χ3v) is 4.69. The predicted molar refractivity (Wildman–Crippen MR) is 82.3 cm³/mol. The Labute approximate surface area is 152 Å². The molecule has 4 nitrogen and oxygen atoms in total. The SMILES string of the molecule is COCc1c(F)c(F)c(COC(=O)C2C(/C=C(/F)C#N)C2(C)C)c(F)c1F. The van der Waals surface area contributed by atoms with E-state index in [0.717, 1.165) is 13.2 Å². The van der Waals surface area contributed by atoms with Gasteiger partial charge in [0, 0.05) is 13.0 Å². The van der Waals surface area contributed by atoms with Gasteiger partial charge >= 0.3 is 5.97 Å². The maximum Gasteiger partial charge on any atom is 0.310 e. The number of benzene rings is 1. The molecule has 27 heavy (non-hydrogen) atoms. The predicted octanol–water partition coefficient (Wildman–Crippen LogP) is 4.08. The quantitative estimate of drug-likeness (QED) is 0.318. The van der Waals surface area contributed by atoms with E-state index < -0.39 is 76.7 Å². The van der Waals surface area contributed by atoms with Crippen molar-refractivity contribution in [3.63, 3.8) is 0 Å². The van der Waals surface area contributed by atoms with Gasteiger partial charge in [-0.05, 0) is 11.5 Å². The Bertz CT molecular complexity index is 815. The van der Waals surface area contributed by atoms with E-state index >= 15 is 0 Å². The van der Waals surface area contributed by atoms with Crippen LogP contribution in [0.1, 0.15) is 25.0 Å². The average molecular weight is 389 g/mol. The van der Waals surface area contributed by atoms with Gasteiger partial charge in [-0.25, -0.2) is 17.6 Å². The molecule has 1 aliphatic carbocycles. The maximum atomic E-state index is 14.0. The molecule has 0 bridgehead atoms. The van der Waals surface area contributed by atoms with Crippen molar-refractivity contribution >= 4 is 5.97 Å². The number of rotatable bonds is 6. The lowest BCUT2D eigenvalue weighted by Gasteiger charge is -2.12. The number of nitrogens with zero attached hydrogens (tertiary/aromatic N) is 1. The Morgan fingerprint density at radius 1 is 1.11 bits per heavy atom. The van der Waals surface area contributed by atoms with Crippen LogP contribution in [-0.2, 0) is 27.5 Å². The van der Waals surface area contributed by atoms with Crippen molar-refractivity contribution < 1.29 is 36.2 Å². The largest absolute Gasteiger partial charge is 0.460 e. The number of hydrogen-bond acceptors (Lipinski definition) is 4. The molecule has 0 aliphatic heterocycles. The van der Waals surface area contributed by atoms with E-state index in [4.69, 9.17) is 10.00 Å². The topological polar surface area (TPSA) is 59.3 Å². The van der Waals surface area contributed by atoms with E-state index in [0.29, 0.717) is 0 Å². The highest BCUT2D eigenvalue weighted by Gasteiger charge is 2.61. The summed E-state index contributed by atoms with van der Waals surface area (Å²) in [4.78, 5) is 12.1. The van der Waals surface area contributed by atoms with Crippen LogP contribution in [0.25, 0.3) is 0 Å². The van der Waals surface area contributed by atoms with E-state index in [1.165, 1.54) is 6.07 Å². The number of methoxy groups -OCH3 is 1. The molecule has 0 aromatic heterocycles. The van der Waals surface area contributed by atoms with Gasteiger partial charge in [0.2, 0.25) is 0 Å². The fourth-order valence-electron chi connectivity index (χ4n) is 2.99. The highest BCUT2D eigenvalue weighted by Crippen LogP contribution is 2.60. The van der Waals surface area contributed by atoms with Crippen LogP contribution in [0.2, 0.25) is 0 Å². The van der Waals surface area contributed by atoms with E-state index in [9.17, 15) is 26.7 Å². The van der Waals surface area contributed by atoms with Gasteiger partial charge in [-0.3, -0.25) is 4.79 Å². The Morgan fingerprint density at radius 3 is 2.04 bits per heavy atom. The fourth-order valence-corrected chi connectivity index (χ4v) is 2.99. The number of esters is 1. The van der Waals surface area contributed by atoms with Crippen molar-refractivity contribution in [1.82, 2.24) is 0 Å². The van der Waals surface area contributed by atoms with E-state index in [2.05, 4.69) is 4.74 Å². The van der Waals surface area contributed by atoms with E-state index in [1.54, 1.807) is 13.8 Å². The Kier molecular flexibility index (Phi) is 5.90. The maximum absolute atomic E-state index is 14.0. The molecule has 9 heteroatoms. The van der Waals surface area contributed by atoms with Crippen LogP contribution in [0.5, 0.6) is 0 Å². The van der Waals surface area contributed by atoms with Crippen molar-refractivity contribution in [3.8, 4) is 6.07 Å². The molecule has 0 spiro atoms. The fraction of sp³-hybridized carbons (Fsp3) is 0.444. The van der Waals surface area contributed by atoms with Crippen LogP contribution in [0.4, 0.5) is 22.0 Å². The second-order valence-corrected chi connectivity index (χ2v) is 6.70. The molecule has 1 aromatic rings. The van der Waals surface area contributed by atoms with Crippen LogP contribution < -0.4 is 0 Å². The lowest BCUT2D eigenvalue weighted by molar-refractivity contribution is -0.147. The molecule has 2 unspecified atom stereocenters. The lowest BCUT2D eigenvalue weighted by atomic mass is 10.1. The van der Waals surface area contributed by atoms with Gasteiger partial charge in [0.05, 0.1) is 23.7 Å². The second-order valence-electron chi connectivity index (χ2n) is 6.70. The summed E-state index contributed by atoms with van der Waals surface area (Å²) in [7, 11) is 1.10. The van der Waals surface area contributed by atoms with Gasteiger partial charge in [0.1, 0.15) is 12.7 Å². The third kappa shape index (κ3) is 3.81. The summed E-state index contributed by atoms with van der Waals surface area (Å²) in [5, 5.41) is 8.46. The van der Waals surface area contributed by atoms with E-state index in [1.807, 2.05) is 0 Å². The summed E-state index contributed by atoms with van der Waals surface area (Å²) in [5.41, 5.74) is -2.73. The first-order valence-corrected chi connectivity index (χ1v) is 7.84. The number of carbonyl (C=O) groups is 1. The Hall–Kier alpha value is -2.47. The van der Waals surface area contributed by atoms with Crippen LogP contribution in [0, 0.1) is 51.9 Å². The first-order valence-electron chi connectivity index (χ1n) is 7.84. The van der Waals surface area contributed by atoms with Crippen molar-refractivity contribution in [1.29, 1.82) is 5.26 Å². The molecule has 0 radical (unpaired) electrons. The molecule has 146 valence electrons. The average Bonchev–Trinajstić information content (AvgIpc) is 3.16. The molecule has 1 aliphatic rings. The molecule has 2 rings (SSSR count). The smallest absolute Gasteiger partial charge is 0.310 e. The summed E-state index contributed by atoms with van der Waals surface area (Å²) in [5.74, 6) is -10.1. The summed E-state index contributed by atoms with van der Waals surface area (Å²) >= 11 is 0. The number of allylic oxidation sites excluding steroid dienone is 2. The minimum absolute atomic E-state index is 0.642. The van der Waals surface area contributed by atoms with Crippen LogP contribution >= 0.6 is 0 Å². The van der Waals surface area contributed by atoms with Crippen LogP contribution in [0.3, 0.4) is 0 Å². The van der Waals surface area contributed by atoms with E-state index in [-0.39, 0.29) is 0 Å². The number of hydrogen-bond donors (Lipinski definition) is 0. The molecule has 2 atom stereocenters. The van der Waals surface area contributed by atoms with Gasteiger partial charge < -0.3 is 9.47 Å². The minimum Gasteiger partial charge on any atom is -0.460 e. The molecule has 0 saturated heterocycles. The first-order chi connectivity index (χ1) is 12.6. The minimum atomic E-state index is -1.68. The molecule has 0 heterocycles. The van der Waals surface area contributed by atoms with Gasteiger partial charge in [0.15, 0.2) is 29.1 Å². The standard InChI is InChI=1S/C18H16F5NO3/c1-18(2)11(4-8(19)5-24)12(18)17(25)27-7-10-15(22)13(20)9(6-26-3)14(21)16(10)23/h4,11-12H,6-7H2,1-3H3/b8-4+. The highest BCUT2D eigenvalue weighted by atomic mass is 19.2. The number of ether oxygens (including phenoxy) is 2. The zero-order valence-electron chi connectivity index (χ0n) is 14.7. The number of carbonyl (C=O) groups excluding carboxylic acids is 1.